The number of alkyl halides is 2. The lowest BCUT2D eigenvalue weighted by Gasteiger charge is -2.27. The van der Waals surface area contributed by atoms with E-state index in [1.165, 1.54) is 0 Å². The number of nitrogens with zero attached hydrogens (tertiary/aromatic N) is 3. The first-order chi connectivity index (χ1) is 9.93. The highest BCUT2D eigenvalue weighted by Crippen LogP contribution is 2.37. The third-order valence-corrected chi connectivity index (χ3v) is 4.37. The minimum atomic E-state index is -2.52. The smallest absolute Gasteiger partial charge is 0.286 e. The van der Waals surface area contributed by atoms with Gasteiger partial charge < -0.3 is 5.73 Å². The van der Waals surface area contributed by atoms with Crippen molar-refractivity contribution in [1.29, 1.82) is 0 Å². The molecule has 1 heterocycles. The standard InChI is InChI=1S/C14H20F2N4O/c15-14(16)5-3-9(4-6-14)7-11-18-13(12(17)21)20(19-11)8-10-1-2-10/h9-10H,1-8H2,(H2,17,21). The van der Waals surface area contributed by atoms with E-state index in [-0.39, 0.29) is 24.6 Å². The van der Waals surface area contributed by atoms with Gasteiger partial charge in [-0.3, -0.25) is 4.79 Å². The molecule has 1 aromatic rings. The molecule has 0 bridgehead atoms. The predicted octanol–water partition coefficient (Wildman–Crippen LogP) is 2.16. The molecule has 116 valence electrons. The van der Waals surface area contributed by atoms with Gasteiger partial charge in [0.1, 0.15) is 0 Å². The molecule has 0 aliphatic heterocycles. The minimum absolute atomic E-state index is 0.0663. The molecule has 1 aromatic heterocycles. The number of hydrogen-bond acceptors (Lipinski definition) is 3. The lowest BCUT2D eigenvalue weighted by Crippen LogP contribution is -2.25. The maximum absolute atomic E-state index is 13.1. The quantitative estimate of drug-likeness (QED) is 0.905. The molecule has 1 amide bonds. The second-order valence-corrected chi connectivity index (χ2v) is 6.34. The maximum atomic E-state index is 13.1. The fourth-order valence-electron chi connectivity index (χ4n) is 2.89. The first-order valence-electron chi connectivity index (χ1n) is 7.54. The summed E-state index contributed by atoms with van der Waals surface area (Å²) in [6.45, 7) is 0.675. The molecule has 0 radical (unpaired) electrons. The van der Waals surface area contributed by atoms with Crippen LogP contribution in [-0.4, -0.2) is 26.6 Å². The largest absolute Gasteiger partial charge is 0.363 e. The predicted molar refractivity (Wildman–Crippen MR) is 71.9 cm³/mol. The molecule has 2 aliphatic rings. The molecule has 5 nitrogen and oxygen atoms in total. The van der Waals surface area contributed by atoms with Crippen molar-refractivity contribution in [2.75, 3.05) is 0 Å². The normalized spacial score (nSPS) is 22.4. The zero-order valence-electron chi connectivity index (χ0n) is 11.9. The molecule has 0 saturated heterocycles. The van der Waals surface area contributed by atoms with Gasteiger partial charge in [0.25, 0.3) is 5.91 Å². The summed E-state index contributed by atoms with van der Waals surface area (Å²) < 4.78 is 27.9. The number of aromatic nitrogens is 3. The van der Waals surface area contributed by atoms with Crippen LogP contribution >= 0.6 is 0 Å². The maximum Gasteiger partial charge on any atom is 0.286 e. The lowest BCUT2D eigenvalue weighted by atomic mass is 9.85. The molecular weight excluding hydrogens is 278 g/mol. The van der Waals surface area contributed by atoms with Crippen LogP contribution in [0.2, 0.25) is 0 Å². The molecule has 21 heavy (non-hydrogen) atoms. The Bertz CT molecular complexity index is 529. The first-order valence-corrected chi connectivity index (χ1v) is 7.54. The van der Waals surface area contributed by atoms with E-state index in [2.05, 4.69) is 10.1 Å². The van der Waals surface area contributed by atoms with E-state index in [4.69, 9.17) is 5.73 Å². The van der Waals surface area contributed by atoms with E-state index in [0.717, 1.165) is 12.8 Å². The molecule has 3 rings (SSSR count). The molecule has 2 N–H and O–H groups in total. The lowest BCUT2D eigenvalue weighted by molar-refractivity contribution is -0.0458. The monoisotopic (exact) mass is 298 g/mol. The SMILES string of the molecule is NC(=O)c1nc(CC2CCC(F)(F)CC2)nn1CC1CC1. The number of amides is 1. The number of carbonyl (C=O) groups excluding carboxylic acids is 1. The Morgan fingerprint density at radius 2 is 1.90 bits per heavy atom. The highest BCUT2D eigenvalue weighted by atomic mass is 19.3. The van der Waals surface area contributed by atoms with E-state index < -0.39 is 11.8 Å². The van der Waals surface area contributed by atoms with Crippen LogP contribution < -0.4 is 5.73 Å². The number of halogens is 2. The number of primary amides is 1. The van der Waals surface area contributed by atoms with Gasteiger partial charge >= 0.3 is 0 Å². The number of nitrogens with two attached hydrogens (primary N) is 1. The third-order valence-electron chi connectivity index (χ3n) is 4.37. The van der Waals surface area contributed by atoms with Crippen molar-refractivity contribution in [3.63, 3.8) is 0 Å². The second kappa shape index (κ2) is 5.35. The van der Waals surface area contributed by atoms with Crippen molar-refractivity contribution < 1.29 is 13.6 Å². The Hall–Kier alpha value is -1.53. The summed E-state index contributed by atoms with van der Waals surface area (Å²) in [4.78, 5) is 15.6. The van der Waals surface area contributed by atoms with Crippen molar-refractivity contribution in [1.82, 2.24) is 14.8 Å². The van der Waals surface area contributed by atoms with Gasteiger partial charge in [-0.1, -0.05) is 0 Å². The summed E-state index contributed by atoms with van der Waals surface area (Å²) in [5.41, 5.74) is 5.33. The minimum Gasteiger partial charge on any atom is -0.363 e. The molecular formula is C14H20F2N4O. The first kappa shape index (κ1) is 14.4. The highest BCUT2D eigenvalue weighted by Gasteiger charge is 2.35. The molecule has 0 unspecified atom stereocenters. The summed E-state index contributed by atoms with van der Waals surface area (Å²) in [5, 5.41) is 4.36. The molecule has 0 spiro atoms. The van der Waals surface area contributed by atoms with Gasteiger partial charge in [-0.2, -0.15) is 5.10 Å². The van der Waals surface area contributed by atoms with E-state index in [1.807, 2.05) is 0 Å². The summed E-state index contributed by atoms with van der Waals surface area (Å²) in [7, 11) is 0. The molecule has 0 atom stereocenters. The fourth-order valence-corrected chi connectivity index (χ4v) is 2.89. The molecule has 2 saturated carbocycles. The topological polar surface area (TPSA) is 73.8 Å². The Labute approximate surface area is 121 Å². The summed E-state index contributed by atoms with van der Waals surface area (Å²) in [6, 6.07) is 0. The summed E-state index contributed by atoms with van der Waals surface area (Å²) in [5.74, 6) is -1.62. The van der Waals surface area contributed by atoms with E-state index >= 15 is 0 Å². The zero-order chi connectivity index (χ0) is 15.0. The molecule has 2 fully saturated rings. The zero-order valence-corrected chi connectivity index (χ0v) is 11.9. The average Bonchev–Trinajstić information content (AvgIpc) is 3.12. The average molecular weight is 298 g/mol. The van der Waals surface area contributed by atoms with Crippen molar-refractivity contribution in [2.24, 2.45) is 17.6 Å². The van der Waals surface area contributed by atoms with Crippen molar-refractivity contribution >= 4 is 5.91 Å². The van der Waals surface area contributed by atoms with Gasteiger partial charge in [0.15, 0.2) is 5.82 Å². The van der Waals surface area contributed by atoms with E-state index in [1.54, 1.807) is 4.68 Å². The Morgan fingerprint density at radius 1 is 1.24 bits per heavy atom. The van der Waals surface area contributed by atoms with Crippen LogP contribution in [0.3, 0.4) is 0 Å². The van der Waals surface area contributed by atoms with Crippen LogP contribution in [0.15, 0.2) is 0 Å². The van der Waals surface area contributed by atoms with Gasteiger partial charge in [0.05, 0.1) is 0 Å². The summed E-state index contributed by atoms with van der Waals surface area (Å²) in [6.07, 6.45) is 3.67. The number of hydrogen-bond donors (Lipinski definition) is 1. The fraction of sp³-hybridized carbons (Fsp3) is 0.786. The third kappa shape index (κ3) is 3.57. The van der Waals surface area contributed by atoms with Gasteiger partial charge in [-0.15, -0.1) is 0 Å². The van der Waals surface area contributed by atoms with E-state index in [9.17, 15) is 13.6 Å². The summed E-state index contributed by atoms with van der Waals surface area (Å²) >= 11 is 0. The highest BCUT2D eigenvalue weighted by molar-refractivity contribution is 5.89. The second-order valence-electron chi connectivity index (χ2n) is 6.34. The van der Waals surface area contributed by atoms with Crippen LogP contribution in [0.5, 0.6) is 0 Å². The molecule has 7 heteroatoms. The van der Waals surface area contributed by atoms with Gasteiger partial charge in [0.2, 0.25) is 11.7 Å². The van der Waals surface area contributed by atoms with Crippen molar-refractivity contribution in [2.45, 2.75) is 57.4 Å². The van der Waals surface area contributed by atoms with Crippen LogP contribution in [0, 0.1) is 11.8 Å². The van der Waals surface area contributed by atoms with Gasteiger partial charge in [-0.05, 0) is 37.5 Å². The van der Waals surface area contributed by atoms with Crippen LogP contribution in [0.4, 0.5) is 8.78 Å². The molecule has 0 aromatic carbocycles. The molecule has 2 aliphatic carbocycles. The van der Waals surface area contributed by atoms with Crippen molar-refractivity contribution in [3.05, 3.63) is 11.6 Å². The van der Waals surface area contributed by atoms with Crippen LogP contribution in [0.1, 0.15) is 55.0 Å². The Balaban J connectivity index is 1.66. The number of rotatable bonds is 5. The van der Waals surface area contributed by atoms with Gasteiger partial charge in [-0.25, -0.2) is 18.4 Å². The van der Waals surface area contributed by atoms with Crippen molar-refractivity contribution in [3.8, 4) is 0 Å². The Kier molecular flexibility index (Phi) is 3.67. The van der Waals surface area contributed by atoms with Crippen LogP contribution in [-0.2, 0) is 13.0 Å². The van der Waals surface area contributed by atoms with Gasteiger partial charge in [0, 0.05) is 25.8 Å². The Morgan fingerprint density at radius 3 is 2.48 bits per heavy atom. The number of carbonyl (C=O) groups is 1. The van der Waals surface area contributed by atoms with Crippen LogP contribution in [0.25, 0.3) is 0 Å². The van der Waals surface area contributed by atoms with E-state index in [0.29, 0.717) is 37.5 Å².